The second kappa shape index (κ2) is 4.60. The van der Waals surface area contributed by atoms with Gasteiger partial charge < -0.3 is 9.47 Å². The molecular formula is C10H10N4O3. The Labute approximate surface area is 96.8 Å². The Morgan fingerprint density at radius 1 is 1.41 bits per heavy atom. The summed E-state index contributed by atoms with van der Waals surface area (Å²) in [6, 6.07) is 1.70. The zero-order chi connectivity index (χ0) is 12.3. The zero-order valence-corrected chi connectivity index (χ0v) is 9.30. The molecule has 0 aromatic carbocycles. The van der Waals surface area contributed by atoms with Crippen LogP contribution in [0.15, 0.2) is 18.5 Å². The Bertz CT molecular complexity index is 524. The Morgan fingerprint density at radius 2 is 2.24 bits per heavy atom. The van der Waals surface area contributed by atoms with Crippen molar-refractivity contribution in [3.63, 3.8) is 0 Å². The molecule has 0 saturated carbocycles. The first-order chi connectivity index (χ1) is 8.26. The fourth-order valence-electron chi connectivity index (χ4n) is 1.29. The molecule has 88 valence electrons. The number of hydrogen-bond donors (Lipinski definition) is 1. The molecule has 2 heterocycles. The number of aromatic amines is 1. The molecule has 0 aliphatic carbocycles. The minimum absolute atomic E-state index is 0.109. The molecule has 2 rings (SSSR count). The fourth-order valence-corrected chi connectivity index (χ4v) is 1.29. The van der Waals surface area contributed by atoms with Crippen molar-refractivity contribution in [3.8, 4) is 17.3 Å². The highest BCUT2D eigenvalue weighted by Gasteiger charge is 2.15. The molecule has 0 aliphatic heterocycles. The normalized spacial score (nSPS) is 10.0. The summed E-state index contributed by atoms with van der Waals surface area (Å²) in [4.78, 5) is 19.5. The van der Waals surface area contributed by atoms with Gasteiger partial charge in [0, 0.05) is 6.20 Å². The van der Waals surface area contributed by atoms with E-state index in [1.165, 1.54) is 20.4 Å². The van der Waals surface area contributed by atoms with Crippen LogP contribution in [0.1, 0.15) is 10.5 Å². The molecule has 0 fully saturated rings. The molecule has 0 aliphatic rings. The second-order valence-electron chi connectivity index (χ2n) is 3.08. The lowest BCUT2D eigenvalue weighted by Crippen LogP contribution is -2.07. The molecule has 0 bridgehead atoms. The predicted molar refractivity (Wildman–Crippen MR) is 57.5 cm³/mol. The van der Waals surface area contributed by atoms with Gasteiger partial charge in [-0.3, -0.25) is 5.10 Å². The van der Waals surface area contributed by atoms with E-state index in [0.717, 1.165) is 0 Å². The Morgan fingerprint density at radius 3 is 2.82 bits per heavy atom. The van der Waals surface area contributed by atoms with Crippen LogP contribution >= 0.6 is 0 Å². The highest BCUT2D eigenvalue weighted by molar-refractivity contribution is 5.87. The van der Waals surface area contributed by atoms with Crippen LogP contribution in [0.25, 0.3) is 11.4 Å². The van der Waals surface area contributed by atoms with Crippen LogP contribution in [0.4, 0.5) is 0 Å². The first-order valence-corrected chi connectivity index (χ1v) is 4.75. The Hall–Kier alpha value is -2.44. The first kappa shape index (κ1) is 11.1. The summed E-state index contributed by atoms with van der Waals surface area (Å²) in [6.45, 7) is 0. The monoisotopic (exact) mass is 234 g/mol. The van der Waals surface area contributed by atoms with Gasteiger partial charge in [0.05, 0.1) is 26.1 Å². The molecule has 0 unspecified atom stereocenters. The second-order valence-corrected chi connectivity index (χ2v) is 3.08. The summed E-state index contributed by atoms with van der Waals surface area (Å²) >= 11 is 0. The lowest BCUT2D eigenvalue weighted by molar-refractivity contribution is 0.0593. The summed E-state index contributed by atoms with van der Waals surface area (Å²) in [7, 11) is 2.76. The average Bonchev–Trinajstić information content (AvgIpc) is 2.90. The van der Waals surface area contributed by atoms with Crippen LogP contribution in [0.2, 0.25) is 0 Å². The smallest absolute Gasteiger partial charge is 0.358 e. The van der Waals surface area contributed by atoms with E-state index in [9.17, 15) is 4.79 Å². The number of carbonyl (C=O) groups excluding carboxylic acids is 1. The van der Waals surface area contributed by atoms with Crippen molar-refractivity contribution >= 4 is 5.97 Å². The van der Waals surface area contributed by atoms with Crippen molar-refractivity contribution in [3.05, 3.63) is 24.2 Å². The maximum atomic E-state index is 11.3. The van der Waals surface area contributed by atoms with Gasteiger partial charge in [-0.15, -0.1) is 0 Å². The molecule has 0 amide bonds. The van der Waals surface area contributed by atoms with Gasteiger partial charge in [-0.1, -0.05) is 0 Å². The van der Waals surface area contributed by atoms with Crippen LogP contribution in [0.3, 0.4) is 0 Å². The molecule has 7 heteroatoms. The van der Waals surface area contributed by atoms with Crippen molar-refractivity contribution in [1.82, 2.24) is 20.2 Å². The van der Waals surface area contributed by atoms with Crippen molar-refractivity contribution in [2.75, 3.05) is 14.2 Å². The van der Waals surface area contributed by atoms with Gasteiger partial charge in [-0.05, 0) is 6.07 Å². The third kappa shape index (κ3) is 2.07. The van der Waals surface area contributed by atoms with Crippen LogP contribution in [-0.4, -0.2) is 40.4 Å². The van der Waals surface area contributed by atoms with Crippen molar-refractivity contribution in [2.24, 2.45) is 0 Å². The van der Waals surface area contributed by atoms with Crippen LogP contribution in [0.5, 0.6) is 5.88 Å². The molecule has 7 nitrogen and oxygen atoms in total. The highest BCUT2D eigenvalue weighted by Crippen LogP contribution is 2.23. The SMILES string of the molecule is COC(=O)c1cnc(OC)c(-c2ccn[nH]2)n1. The molecule has 0 atom stereocenters. The fraction of sp³-hybridized carbons (Fsp3) is 0.200. The minimum Gasteiger partial charge on any atom is -0.479 e. The Balaban J connectivity index is 2.51. The molecule has 2 aromatic rings. The van der Waals surface area contributed by atoms with E-state index < -0.39 is 5.97 Å². The van der Waals surface area contributed by atoms with E-state index in [-0.39, 0.29) is 5.69 Å². The molecule has 0 spiro atoms. The lowest BCUT2D eigenvalue weighted by atomic mass is 10.3. The summed E-state index contributed by atoms with van der Waals surface area (Å²) in [5, 5.41) is 6.53. The van der Waals surface area contributed by atoms with Gasteiger partial charge >= 0.3 is 5.97 Å². The highest BCUT2D eigenvalue weighted by atomic mass is 16.5. The summed E-state index contributed by atoms with van der Waals surface area (Å²) < 4.78 is 9.64. The number of H-pyrrole nitrogens is 1. The molecular weight excluding hydrogens is 224 g/mol. The molecule has 2 aromatic heterocycles. The Kier molecular flexibility index (Phi) is 2.99. The third-order valence-corrected chi connectivity index (χ3v) is 2.08. The first-order valence-electron chi connectivity index (χ1n) is 4.75. The van der Waals surface area contributed by atoms with E-state index in [4.69, 9.17) is 4.74 Å². The van der Waals surface area contributed by atoms with Crippen LogP contribution < -0.4 is 4.74 Å². The average molecular weight is 234 g/mol. The van der Waals surface area contributed by atoms with Gasteiger partial charge in [0.2, 0.25) is 5.88 Å². The molecule has 17 heavy (non-hydrogen) atoms. The number of ether oxygens (including phenoxy) is 2. The number of aromatic nitrogens is 4. The standard InChI is InChI=1S/C10H10N4O3/c1-16-9-8(6-3-4-12-14-6)13-7(5-11-9)10(15)17-2/h3-5H,1-2H3,(H,12,14). The third-order valence-electron chi connectivity index (χ3n) is 2.08. The van der Waals surface area contributed by atoms with Gasteiger partial charge in [0.25, 0.3) is 0 Å². The summed E-state index contributed by atoms with van der Waals surface area (Å²) in [5.74, 6) is -0.247. The van der Waals surface area contributed by atoms with E-state index in [0.29, 0.717) is 17.3 Å². The molecule has 0 radical (unpaired) electrons. The van der Waals surface area contributed by atoms with Crippen LogP contribution in [0, 0.1) is 0 Å². The van der Waals surface area contributed by atoms with Gasteiger partial charge in [-0.2, -0.15) is 5.10 Å². The number of rotatable bonds is 3. The molecule has 0 saturated heterocycles. The molecule has 1 N–H and O–H groups in total. The van der Waals surface area contributed by atoms with E-state index in [1.54, 1.807) is 12.3 Å². The van der Waals surface area contributed by atoms with E-state index >= 15 is 0 Å². The minimum atomic E-state index is -0.555. The zero-order valence-electron chi connectivity index (χ0n) is 9.30. The topological polar surface area (TPSA) is 90.0 Å². The number of methoxy groups -OCH3 is 2. The number of esters is 1. The lowest BCUT2D eigenvalue weighted by Gasteiger charge is -2.05. The summed E-state index contributed by atoms with van der Waals surface area (Å²) in [5.41, 5.74) is 1.13. The van der Waals surface area contributed by atoms with Gasteiger partial charge in [-0.25, -0.2) is 14.8 Å². The number of carbonyl (C=O) groups is 1. The number of nitrogens with one attached hydrogen (secondary N) is 1. The predicted octanol–water partition coefficient (Wildman–Crippen LogP) is 0.662. The summed E-state index contributed by atoms with van der Waals surface area (Å²) in [6.07, 6.45) is 2.87. The number of hydrogen-bond acceptors (Lipinski definition) is 6. The van der Waals surface area contributed by atoms with Crippen LogP contribution in [-0.2, 0) is 4.74 Å². The van der Waals surface area contributed by atoms with Crippen molar-refractivity contribution in [2.45, 2.75) is 0 Å². The van der Waals surface area contributed by atoms with Gasteiger partial charge in [0.15, 0.2) is 11.4 Å². The largest absolute Gasteiger partial charge is 0.479 e. The quantitative estimate of drug-likeness (QED) is 0.784. The maximum Gasteiger partial charge on any atom is 0.358 e. The van der Waals surface area contributed by atoms with E-state index in [2.05, 4.69) is 24.9 Å². The van der Waals surface area contributed by atoms with E-state index in [1.807, 2.05) is 0 Å². The van der Waals surface area contributed by atoms with Crippen molar-refractivity contribution < 1.29 is 14.3 Å². The maximum absolute atomic E-state index is 11.3. The van der Waals surface area contributed by atoms with Crippen molar-refractivity contribution in [1.29, 1.82) is 0 Å². The van der Waals surface area contributed by atoms with Gasteiger partial charge in [0.1, 0.15) is 0 Å². The number of nitrogens with zero attached hydrogens (tertiary/aromatic N) is 3.